The van der Waals surface area contributed by atoms with Crippen molar-refractivity contribution >= 4 is 10.9 Å². The van der Waals surface area contributed by atoms with Gasteiger partial charge in [0.05, 0.1) is 0 Å². The number of rotatable bonds is 3. The number of fused-ring (bicyclic) bond motifs is 1. The van der Waals surface area contributed by atoms with Crippen molar-refractivity contribution in [1.82, 2.24) is 14.7 Å². The molecule has 0 aliphatic heterocycles. The summed E-state index contributed by atoms with van der Waals surface area (Å²) >= 11 is 0. The van der Waals surface area contributed by atoms with E-state index in [0.29, 0.717) is 12.4 Å². The third kappa shape index (κ3) is 1.79. The number of nitrogens with zero attached hydrogens (tertiary/aromatic N) is 3. The number of hydrogen-bond acceptors (Lipinski definition) is 3. The third-order valence-electron chi connectivity index (χ3n) is 3.14. The van der Waals surface area contributed by atoms with Gasteiger partial charge in [-0.2, -0.15) is 4.98 Å². The van der Waals surface area contributed by atoms with Crippen LogP contribution in [0.4, 0.5) is 0 Å². The maximum atomic E-state index is 5.25. The van der Waals surface area contributed by atoms with Gasteiger partial charge in [0, 0.05) is 17.6 Å². The quantitative estimate of drug-likeness (QED) is 0.708. The molecule has 4 nitrogen and oxygen atoms in total. The van der Waals surface area contributed by atoms with Crippen molar-refractivity contribution in [3.8, 4) is 0 Å². The molecule has 4 heteroatoms. The number of para-hydroxylation sites is 1. The minimum Gasteiger partial charge on any atom is -0.337 e. The lowest BCUT2D eigenvalue weighted by atomic mass is 10.2. The lowest BCUT2D eigenvalue weighted by molar-refractivity contribution is 0.367. The van der Waals surface area contributed by atoms with Gasteiger partial charge in [-0.05, 0) is 24.4 Å². The van der Waals surface area contributed by atoms with E-state index < -0.39 is 0 Å². The molecule has 3 aromatic rings. The maximum absolute atomic E-state index is 5.25. The van der Waals surface area contributed by atoms with Gasteiger partial charge in [0.2, 0.25) is 5.89 Å². The summed E-state index contributed by atoms with van der Waals surface area (Å²) < 4.78 is 7.45. The second-order valence-corrected chi connectivity index (χ2v) is 4.39. The summed E-state index contributed by atoms with van der Waals surface area (Å²) in [5, 5.41) is 5.17. The van der Waals surface area contributed by atoms with Crippen LogP contribution in [-0.4, -0.2) is 14.7 Å². The molecule has 0 radical (unpaired) electrons. The number of aromatic nitrogens is 3. The van der Waals surface area contributed by atoms with Crippen molar-refractivity contribution in [2.24, 2.45) is 0 Å². The minimum absolute atomic E-state index is 0.631. The molecule has 92 valence electrons. The highest BCUT2D eigenvalue weighted by molar-refractivity contribution is 5.81. The molecule has 0 spiro atoms. The average Bonchev–Trinajstić information content (AvgIpc) is 2.96. The highest BCUT2D eigenvalue weighted by Gasteiger charge is 2.10. The Bertz CT molecular complexity index is 681. The van der Waals surface area contributed by atoms with E-state index in [1.54, 1.807) is 0 Å². The van der Waals surface area contributed by atoms with E-state index in [4.69, 9.17) is 4.52 Å². The minimum atomic E-state index is 0.631. The first kappa shape index (κ1) is 11.0. The van der Waals surface area contributed by atoms with Crippen LogP contribution in [0.25, 0.3) is 10.9 Å². The summed E-state index contributed by atoms with van der Waals surface area (Å²) in [6.45, 7) is 4.74. The standard InChI is InChI=1S/C14H15N3O/c1-3-13-15-14(18-16-13)9-17-10(2)8-11-6-4-5-7-12(11)17/h4-8H,3,9H2,1-2H3. The normalized spacial score (nSPS) is 11.2. The lowest BCUT2D eigenvalue weighted by Gasteiger charge is -2.04. The fourth-order valence-electron chi connectivity index (χ4n) is 2.19. The van der Waals surface area contributed by atoms with Gasteiger partial charge in [-0.3, -0.25) is 0 Å². The monoisotopic (exact) mass is 241 g/mol. The van der Waals surface area contributed by atoms with Gasteiger partial charge in [0.25, 0.3) is 0 Å². The first-order valence-corrected chi connectivity index (χ1v) is 6.14. The predicted molar refractivity (Wildman–Crippen MR) is 69.5 cm³/mol. The molecule has 0 fully saturated rings. The number of benzene rings is 1. The largest absolute Gasteiger partial charge is 0.337 e. The van der Waals surface area contributed by atoms with Gasteiger partial charge in [0.1, 0.15) is 6.54 Å². The summed E-state index contributed by atoms with van der Waals surface area (Å²) in [6, 6.07) is 10.5. The summed E-state index contributed by atoms with van der Waals surface area (Å²) in [5.74, 6) is 1.43. The Morgan fingerprint density at radius 1 is 1.28 bits per heavy atom. The van der Waals surface area contributed by atoms with Gasteiger partial charge in [-0.1, -0.05) is 30.3 Å². The molecular formula is C14H15N3O. The van der Waals surface area contributed by atoms with Crippen LogP contribution < -0.4 is 0 Å². The van der Waals surface area contributed by atoms with Crippen LogP contribution in [0.5, 0.6) is 0 Å². The zero-order valence-corrected chi connectivity index (χ0v) is 10.6. The van der Waals surface area contributed by atoms with E-state index in [0.717, 1.165) is 12.2 Å². The van der Waals surface area contributed by atoms with E-state index >= 15 is 0 Å². The highest BCUT2D eigenvalue weighted by Crippen LogP contribution is 2.20. The third-order valence-corrected chi connectivity index (χ3v) is 3.14. The molecule has 0 saturated heterocycles. The zero-order valence-electron chi connectivity index (χ0n) is 10.6. The summed E-state index contributed by atoms with van der Waals surface area (Å²) in [4.78, 5) is 4.35. The van der Waals surface area contributed by atoms with Crippen LogP contribution in [0, 0.1) is 6.92 Å². The fourth-order valence-corrected chi connectivity index (χ4v) is 2.19. The molecule has 3 rings (SSSR count). The fraction of sp³-hybridized carbons (Fsp3) is 0.286. The second kappa shape index (κ2) is 4.29. The molecule has 0 aliphatic rings. The SMILES string of the molecule is CCc1noc(Cn2c(C)cc3ccccc32)n1. The van der Waals surface area contributed by atoms with Crippen LogP contribution >= 0.6 is 0 Å². The lowest BCUT2D eigenvalue weighted by Crippen LogP contribution is -2.01. The van der Waals surface area contributed by atoms with E-state index in [-0.39, 0.29) is 0 Å². The topological polar surface area (TPSA) is 43.9 Å². The van der Waals surface area contributed by atoms with Crippen molar-refractivity contribution in [1.29, 1.82) is 0 Å². The van der Waals surface area contributed by atoms with E-state index in [1.807, 2.05) is 19.1 Å². The van der Waals surface area contributed by atoms with Crippen molar-refractivity contribution < 1.29 is 4.52 Å². The van der Waals surface area contributed by atoms with Crippen LogP contribution in [0.3, 0.4) is 0 Å². The smallest absolute Gasteiger partial charge is 0.246 e. The van der Waals surface area contributed by atoms with Gasteiger partial charge < -0.3 is 9.09 Å². The van der Waals surface area contributed by atoms with Crippen LogP contribution in [0.1, 0.15) is 24.3 Å². The van der Waals surface area contributed by atoms with Crippen molar-refractivity contribution in [3.63, 3.8) is 0 Å². The Labute approximate surface area is 105 Å². The second-order valence-electron chi connectivity index (χ2n) is 4.39. The van der Waals surface area contributed by atoms with E-state index in [2.05, 4.69) is 39.8 Å². The Morgan fingerprint density at radius 2 is 2.11 bits per heavy atom. The molecule has 0 aliphatic carbocycles. The summed E-state index contributed by atoms with van der Waals surface area (Å²) in [5.41, 5.74) is 2.40. The Kier molecular flexibility index (Phi) is 2.63. The molecule has 0 amide bonds. The highest BCUT2D eigenvalue weighted by atomic mass is 16.5. The molecule has 2 heterocycles. The molecule has 18 heavy (non-hydrogen) atoms. The zero-order chi connectivity index (χ0) is 12.5. The van der Waals surface area contributed by atoms with E-state index in [1.165, 1.54) is 16.6 Å². The first-order valence-electron chi connectivity index (χ1n) is 6.14. The molecule has 1 aromatic carbocycles. The first-order chi connectivity index (χ1) is 8.78. The predicted octanol–water partition coefficient (Wildman–Crippen LogP) is 2.94. The molecule has 0 unspecified atom stereocenters. The van der Waals surface area contributed by atoms with Gasteiger partial charge in [-0.25, -0.2) is 0 Å². The molecule has 0 N–H and O–H groups in total. The number of aryl methyl sites for hydroxylation is 2. The van der Waals surface area contributed by atoms with Gasteiger partial charge in [-0.15, -0.1) is 0 Å². The Morgan fingerprint density at radius 3 is 2.89 bits per heavy atom. The van der Waals surface area contributed by atoms with Crippen molar-refractivity contribution in [2.45, 2.75) is 26.8 Å². The Balaban J connectivity index is 2.01. The Hall–Kier alpha value is -2.10. The van der Waals surface area contributed by atoms with Crippen LogP contribution in [0.2, 0.25) is 0 Å². The van der Waals surface area contributed by atoms with Crippen molar-refractivity contribution in [2.75, 3.05) is 0 Å². The maximum Gasteiger partial charge on any atom is 0.246 e. The number of hydrogen-bond donors (Lipinski definition) is 0. The molecule has 0 saturated carbocycles. The molecule has 2 aromatic heterocycles. The van der Waals surface area contributed by atoms with Crippen LogP contribution in [-0.2, 0) is 13.0 Å². The average molecular weight is 241 g/mol. The van der Waals surface area contributed by atoms with Gasteiger partial charge >= 0.3 is 0 Å². The van der Waals surface area contributed by atoms with Crippen LogP contribution in [0.15, 0.2) is 34.9 Å². The molecular weight excluding hydrogens is 226 g/mol. The van der Waals surface area contributed by atoms with Gasteiger partial charge in [0.15, 0.2) is 5.82 Å². The summed E-state index contributed by atoms with van der Waals surface area (Å²) in [7, 11) is 0. The van der Waals surface area contributed by atoms with E-state index in [9.17, 15) is 0 Å². The summed E-state index contributed by atoms with van der Waals surface area (Å²) in [6.07, 6.45) is 0.801. The van der Waals surface area contributed by atoms with Crippen molar-refractivity contribution in [3.05, 3.63) is 47.7 Å². The molecule has 0 bridgehead atoms. The molecule has 0 atom stereocenters.